The highest BCUT2D eigenvalue weighted by Crippen LogP contribution is 2.21. The first-order valence-electron chi connectivity index (χ1n) is 12.6. The molecule has 6 nitrogen and oxygen atoms in total. The summed E-state index contributed by atoms with van der Waals surface area (Å²) in [7, 11) is 0.431. The second-order valence-electron chi connectivity index (χ2n) is 8.71. The van der Waals surface area contributed by atoms with Gasteiger partial charge in [0.2, 0.25) is 0 Å². The Balaban J connectivity index is 1.40. The molecule has 1 heterocycles. The van der Waals surface area contributed by atoms with Crippen molar-refractivity contribution >= 4 is 22.8 Å². The minimum Gasteiger partial charge on any atom is -0.545 e. The fraction of sp³-hybridized carbons (Fsp3) is 0.333. The molecule has 196 valence electrons. The minimum absolute atomic E-state index is 0.231. The van der Waals surface area contributed by atoms with Gasteiger partial charge in [0.05, 0.1) is 41.9 Å². The van der Waals surface area contributed by atoms with Crippen molar-refractivity contribution in [3.05, 3.63) is 89.8 Å². The van der Waals surface area contributed by atoms with E-state index in [9.17, 15) is 14.1 Å². The predicted molar refractivity (Wildman–Crippen MR) is 145 cm³/mol. The molecule has 1 aromatic heterocycles. The Kier molecular flexibility index (Phi) is 11.9. The van der Waals surface area contributed by atoms with E-state index in [1.54, 1.807) is 19.2 Å². The first kappa shape index (κ1) is 28.1. The SMILES string of the molecule is COc1ccc(CCCCCCCCOc2ccc(CS(=O)c3ccccc3)nc2/C=C/C(=O)[O-])cc1. The van der Waals surface area contributed by atoms with Crippen LogP contribution in [0.5, 0.6) is 11.5 Å². The Hall–Kier alpha value is -3.45. The summed E-state index contributed by atoms with van der Waals surface area (Å²) < 4.78 is 23.7. The molecule has 0 radical (unpaired) electrons. The third-order valence-corrected chi connectivity index (χ3v) is 7.24. The number of carboxylic acid groups (broad SMARTS) is 1. The lowest BCUT2D eigenvalue weighted by atomic mass is 10.0. The van der Waals surface area contributed by atoms with Gasteiger partial charge in [0.15, 0.2) is 0 Å². The maximum Gasteiger partial charge on any atom is 0.144 e. The second-order valence-corrected chi connectivity index (χ2v) is 10.2. The molecule has 0 fully saturated rings. The van der Waals surface area contributed by atoms with Crippen LogP contribution in [0.1, 0.15) is 55.5 Å². The number of hydrogen-bond donors (Lipinski definition) is 0. The van der Waals surface area contributed by atoms with Crippen LogP contribution >= 0.6 is 0 Å². The number of rotatable bonds is 16. The summed E-state index contributed by atoms with van der Waals surface area (Å²) in [5.74, 6) is 0.318. The Morgan fingerprint density at radius 1 is 0.919 bits per heavy atom. The van der Waals surface area contributed by atoms with E-state index in [1.807, 2.05) is 42.5 Å². The molecule has 37 heavy (non-hydrogen) atoms. The van der Waals surface area contributed by atoms with Crippen LogP contribution in [0.3, 0.4) is 0 Å². The summed E-state index contributed by atoms with van der Waals surface area (Å²) in [5, 5.41) is 10.9. The zero-order valence-corrected chi connectivity index (χ0v) is 22.1. The van der Waals surface area contributed by atoms with E-state index < -0.39 is 16.8 Å². The number of methoxy groups -OCH3 is 1. The molecule has 0 bridgehead atoms. The molecule has 0 N–H and O–H groups in total. The molecule has 0 aliphatic heterocycles. The summed E-state index contributed by atoms with van der Waals surface area (Å²) in [6, 6.07) is 21.0. The number of unbranched alkanes of at least 4 members (excludes halogenated alkanes) is 5. The number of hydrogen-bond acceptors (Lipinski definition) is 6. The van der Waals surface area contributed by atoms with Crippen LogP contribution in [0.15, 0.2) is 77.7 Å². The number of carbonyl (C=O) groups excluding carboxylic acids is 1. The average molecular weight is 521 g/mol. The van der Waals surface area contributed by atoms with E-state index in [1.165, 1.54) is 30.9 Å². The Morgan fingerprint density at radius 2 is 1.62 bits per heavy atom. The van der Waals surface area contributed by atoms with Gasteiger partial charge in [-0.15, -0.1) is 0 Å². The molecule has 3 aromatic rings. The lowest BCUT2D eigenvalue weighted by molar-refractivity contribution is -0.297. The van der Waals surface area contributed by atoms with Crippen molar-refractivity contribution in [3.8, 4) is 11.5 Å². The van der Waals surface area contributed by atoms with Crippen LogP contribution in [-0.2, 0) is 27.8 Å². The summed E-state index contributed by atoms with van der Waals surface area (Å²) in [4.78, 5) is 16.1. The first-order valence-corrected chi connectivity index (χ1v) is 13.9. The van der Waals surface area contributed by atoms with Gasteiger partial charge in [0.25, 0.3) is 0 Å². The summed E-state index contributed by atoms with van der Waals surface area (Å²) in [6.45, 7) is 0.523. The minimum atomic E-state index is -1.31. The molecule has 0 aliphatic rings. The molecule has 2 aromatic carbocycles. The number of benzene rings is 2. The van der Waals surface area contributed by atoms with Crippen LogP contribution in [0, 0.1) is 0 Å². The number of ether oxygens (including phenoxy) is 2. The normalized spacial score (nSPS) is 11.9. The topological polar surface area (TPSA) is 88.6 Å². The Bertz CT molecular complexity index is 1160. The largest absolute Gasteiger partial charge is 0.545 e. The first-order chi connectivity index (χ1) is 18.0. The molecule has 0 amide bonds. The highest BCUT2D eigenvalue weighted by atomic mass is 32.2. The molecule has 3 rings (SSSR count). The molecule has 1 atom stereocenters. The van der Waals surface area contributed by atoms with Gasteiger partial charge in [-0.25, -0.2) is 4.98 Å². The monoisotopic (exact) mass is 520 g/mol. The fourth-order valence-electron chi connectivity index (χ4n) is 3.88. The van der Waals surface area contributed by atoms with E-state index in [4.69, 9.17) is 9.47 Å². The van der Waals surface area contributed by atoms with Crippen molar-refractivity contribution < 1.29 is 23.6 Å². The molecular formula is C30H34NO5S-. The van der Waals surface area contributed by atoms with Gasteiger partial charge < -0.3 is 19.4 Å². The number of carboxylic acids is 1. The molecule has 0 saturated heterocycles. The van der Waals surface area contributed by atoms with Crippen LogP contribution in [0.2, 0.25) is 0 Å². The number of aromatic nitrogens is 1. The van der Waals surface area contributed by atoms with E-state index >= 15 is 0 Å². The van der Waals surface area contributed by atoms with Crippen molar-refractivity contribution in [1.82, 2.24) is 4.98 Å². The highest BCUT2D eigenvalue weighted by molar-refractivity contribution is 7.84. The molecule has 0 aliphatic carbocycles. The quantitative estimate of drug-likeness (QED) is 0.192. The van der Waals surface area contributed by atoms with Gasteiger partial charge >= 0.3 is 0 Å². The number of aryl methyl sites for hydroxylation is 1. The predicted octanol–water partition coefficient (Wildman–Crippen LogP) is 5.12. The number of carbonyl (C=O) groups is 1. The van der Waals surface area contributed by atoms with E-state index in [2.05, 4.69) is 17.1 Å². The van der Waals surface area contributed by atoms with Crippen molar-refractivity contribution in [2.45, 2.75) is 55.6 Å². The molecule has 1 unspecified atom stereocenters. The van der Waals surface area contributed by atoms with Crippen LogP contribution < -0.4 is 14.6 Å². The second kappa shape index (κ2) is 15.6. The van der Waals surface area contributed by atoms with Crippen molar-refractivity contribution in [2.75, 3.05) is 13.7 Å². The van der Waals surface area contributed by atoms with Gasteiger partial charge in [-0.1, -0.05) is 56.0 Å². The highest BCUT2D eigenvalue weighted by Gasteiger charge is 2.10. The zero-order valence-electron chi connectivity index (χ0n) is 21.3. The Morgan fingerprint density at radius 3 is 2.32 bits per heavy atom. The maximum atomic E-state index is 12.6. The number of nitrogens with zero attached hydrogens (tertiary/aromatic N) is 1. The number of pyridine rings is 1. The van der Waals surface area contributed by atoms with Gasteiger partial charge in [-0.05, 0) is 73.4 Å². The lowest BCUT2D eigenvalue weighted by Crippen LogP contribution is -2.18. The van der Waals surface area contributed by atoms with Crippen molar-refractivity contribution in [1.29, 1.82) is 0 Å². The standard InChI is InChI=1S/C30H35NO5S/c1-35-26-17-14-24(15-18-26)11-7-4-2-3-5-10-22-36-29-20-16-25(31-28(29)19-21-30(32)33)23-37(34)27-12-8-6-9-13-27/h6,8-9,12-21H,2-5,7,10-11,22-23H2,1H3,(H,32,33)/p-1/b21-19+. The molecular weight excluding hydrogens is 486 g/mol. The Labute approximate surface area is 221 Å². The summed E-state index contributed by atoms with van der Waals surface area (Å²) in [6.07, 6.45) is 10.0. The van der Waals surface area contributed by atoms with Gasteiger partial charge in [-0.3, -0.25) is 4.21 Å². The van der Waals surface area contributed by atoms with Gasteiger partial charge in [-0.2, -0.15) is 0 Å². The molecule has 0 spiro atoms. The van der Waals surface area contributed by atoms with Crippen LogP contribution in [0.25, 0.3) is 6.08 Å². The summed E-state index contributed by atoms with van der Waals surface area (Å²) >= 11 is 0. The lowest BCUT2D eigenvalue weighted by Gasteiger charge is -2.11. The molecule has 0 saturated carbocycles. The number of aliphatic carboxylic acids is 1. The van der Waals surface area contributed by atoms with Gasteiger partial charge in [0, 0.05) is 4.90 Å². The van der Waals surface area contributed by atoms with E-state index in [0.29, 0.717) is 23.7 Å². The molecule has 7 heteroatoms. The average Bonchev–Trinajstić information content (AvgIpc) is 2.92. The van der Waals surface area contributed by atoms with E-state index in [0.717, 1.165) is 42.4 Å². The van der Waals surface area contributed by atoms with Gasteiger partial charge in [0.1, 0.15) is 17.2 Å². The third-order valence-electron chi connectivity index (χ3n) is 5.88. The summed E-state index contributed by atoms with van der Waals surface area (Å²) in [5.41, 5.74) is 2.33. The van der Waals surface area contributed by atoms with Crippen LogP contribution in [-0.4, -0.2) is 28.9 Å². The third kappa shape index (κ3) is 10.2. The maximum absolute atomic E-state index is 12.6. The zero-order chi connectivity index (χ0) is 26.3. The van der Waals surface area contributed by atoms with Crippen molar-refractivity contribution in [2.24, 2.45) is 0 Å². The fourth-order valence-corrected chi connectivity index (χ4v) is 4.93. The van der Waals surface area contributed by atoms with Crippen molar-refractivity contribution in [3.63, 3.8) is 0 Å². The smallest absolute Gasteiger partial charge is 0.144 e. The van der Waals surface area contributed by atoms with E-state index in [-0.39, 0.29) is 5.75 Å². The van der Waals surface area contributed by atoms with Crippen LogP contribution in [0.4, 0.5) is 0 Å².